The average molecular weight is 358 g/mol. The first-order chi connectivity index (χ1) is 11.7. The summed E-state index contributed by atoms with van der Waals surface area (Å²) in [5.41, 5.74) is -0.106. The Morgan fingerprint density at radius 2 is 2.04 bits per heavy atom. The SMILES string of the molecule is CCc1oc(C(=O)N2CCn3c(nnc3C(F)(F)F)C2)cc1C(=O)O. The summed E-state index contributed by atoms with van der Waals surface area (Å²) in [6, 6.07) is 1.13. The molecule has 1 N–H and O–H groups in total. The molecule has 0 unspecified atom stereocenters. The quantitative estimate of drug-likeness (QED) is 0.898. The molecular weight excluding hydrogens is 345 g/mol. The molecule has 0 bridgehead atoms. The van der Waals surface area contributed by atoms with E-state index in [4.69, 9.17) is 9.52 Å². The highest BCUT2D eigenvalue weighted by Crippen LogP contribution is 2.29. The van der Waals surface area contributed by atoms with Gasteiger partial charge in [-0.1, -0.05) is 6.92 Å². The molecule has 0 aromatic carbocycles. The van der Waals surface area contributed by atoms with E-state index in [0.717, 1.165) is 10.6 Å². The average Bonchev–Trinajstić information content (AvgIpc) is 3.17. The summed E-state index contributed by atoms with van der Waals surface area (Å²) >= 11 is 0. The van der Waals surface area contributed by atoms with Crippen molar-refractivity contribution in [2.24, 2.45) is 0 Å². The fraction of sp³-hybridized carbons (Fsp3) is 0.429. The number of hydrogen-bond acceptors (Lipinski definition) is 5. The van der Waals surface area contributed by atoms with Crippen LogP contribution in [0.15, 0.2) is 10.5 Å². The first-order valence-electron chi connectivity index (χ1n) is 7.37. The van der Waals surface area contributed by atoms with E-state index in [1.807, 2.05) is 0 Å². The number of carboxylic acid groups (broad SMARTS) is 1. The van der Waals surface area contributed by atoms with E-state index in [1.165, 1.54) is 4.90 Å². The van der Waals surface area contributed by atoms with E-state index in [-0.39, 0.29) is 49.0 Å². The number of amides is 1. The van der Waals surface area contributed by atoms with E-state index >= 15 is 0 Å². The van der Waals surface area contributed by atoms with Gasteiger partial charge < -0.3 is 19.0 Å². The summed E-state index contributed by atoms with van der Waals surface area (Å²) in [7, 11) is 0. The Labute approximate surface area is 138 Å². The van der Waals surface area contributed by atoms with Crippen LogP contribution in [0.25, 0.3) is 0 Å². The fourth-order valence-corrected chi connectivity index (χ4v) is 2.67. The molecule has 25 heavy (non-hydrogen) atoms. The summed E-state index contributed by atoms with van der Waals surface area (Å²) in [6.45, 7) is 1.39. The predicted octanol–water partition coefficient (Wildman–Crippen LogP) is 1.81. The molecule has 0 radical (unpaired) electrons. The van der Waals surface area contributed by atoms with Gasteiger partial charge in [-0.3, -0.25) is 4.79 Å². The molecule has 134 valence electrons. The van der Waals surface area contributed by atoms with Crippen LogP contribution in [0.1, 0.15) is 45.2 Å². The zero-order valence-electron chi connectivity index (χ0n) is 13.0. The maximum atomic E-state index is 12.8. The lowest BCUT2D eigenvalue weighted by Crippen LogP contribution is -2.39. The molecule has 1 amide bonds. The highest BCUT2D eigenvalue weighted by Gasteiger charge is 2.40. The highest BCUT2D eigenvalue weighted by molar-refractivity contribution is 5.96. The maximum Gasteiger partial charge on any atom is 0.451 e. The van der Waals surface area contributed by atoms with Crippen LogP contribution >= 0.6 is 0 Å². The second-order valence-electron chi connectivity index (χ2n) is 5.42. The van der Waals surface area contributed by atoms with Gasteiger partial charge in [0.1, 0.15) is 11.3 Å². The van der Waals surface area contributed by atoms with Crippen LogP contribution < -0.4 is 0 Å². The number of hydrogen-bond donors (Lipinski definition) is 1. The summed E-state index contributed by atoms with van der Waals surface area (Å²) in [5, 5.41) is 15.7. The largest absolute Gasteiger partial charge is 0.478 e. The Morgan fingerprint density at radius 3 is 2.60 bits per heavy atom. The molecular formula is C14H13F3N4O4. The Bertz CT molecular complexity index is 840. The van der Waals surface area contributed by atoms with Crippen molar-refractivity contribution in [3.63, 3.8) is 0 Å². The zero-order valence-corrected chi connectivity index (χ0v) is 13.0. The van der Waals surface area contributed by atoms with Crippen molar-refractivity contribution in [2.45, 2.75) is 32.6 Å². The number of alkyl halides is 3. The van der Waals surface area contributed by atoms with Crippen molar-refractivity contribution in [3.8, 4) is 0 Å². The first kappa shape index (κ1) is 17.0. The summed E-state index contributed by atoms with van der Waals surface area (Å²) in [4.78, 5) is 24.9. The predicted molar refractivity (Wildman–Crippen MR) is 74.8 cm³/mol. The normalized spacial score (nSPS) is 14.5. The van der Waals surface area contributed by atoms with E-state index in [9.17, 15) is 22.8 Å². The minimum Gasteiger partial charge on any atom is -0.478 e. The Balaban J connectivity index is 1.84. The molecule has 0 atom stereocenters. The van der Waals surface area contributed by atoms with Crippen molar-refractivity contribution in [2.75, 3.05) is 6.54 Å². The lowest BCUT2D eigenvalue weighted by molar-refractivity contribution is -0.147. The van der Waals surface area contributed by atoms with Gasteiger partial charge in [0.05, 0.1) is 6.54 Å². The number of carbonyl (C=O) groups excluding carboxylic acids is 1. The Kier molecular flexibility index (Phi) is 4.01. The third-order valence-electron chi connectivity index (χ3n) is 3.87. The van der Waals surface area contributed by atoms with Crippen LogP contribution in [-0.2, 0) is 25.7 Å². The summed E-state index contributed by atoms with van der Waals surface area (Å²) in [6.07, 6.45) is -4.33. The molecule has 0 fully saturated rings. The number of aromatic nitrogens is 3. The smallest absolute Gasteiger partial charge is 0.451 e. The molecule has 1 aliphatic rings. The van der Waals surface area contributed by atoms with Gasteiger partial charge in [-0.15, -0.1) is 10.2 Å². The van der Waals surface area contributed by atoms with Crippen LogP contribution in [0.3, 0.4) is 0 Å². The number of carbonyl (C=O) groups is 2. The van der Waals surface area contributed by atoms with E-state index in [2.05, 4.69) is 10.2 Å². The van der Waals surface area contributed by atoms with Gasteiger partial charge in [0.2, 0.25) is 5.82 Å². The van der Waals surface area contributed by atoms with Crippen LogP contribution in [-0.4, -0.2) is 43.2 Å². The van der Waals surface area contributed by atoms with Gasteiger partial charge >= 0.3 is 12.1 Å². The topological polar surface area (TPSA) is 101 Å². The van der Waals surface area contributed by atoms with Gasteiger partial charge in [0.25, 0.3) is 5.91 Å². The first-order valence-corrected chi connectivity index (χ1v) is 7.37. The van der Waals surface area contributed by atoms with Crippen LogP contribution in [0.2, 0.25) is 0 Å². The van der Waals surface area contributed by atoms with Crippen molar-refractivity contribution < 1.29 is 32.3 Å². The number of aromatic carboxylic acids is 1. The minimum atomic E-state index is -4.62. The van der Waals surface area contributed by atoms with Gasteiger partial charge in [-0.05, 0) is 0 Å². The van der Waals surface area contributed by atoms with E-state index < -0.39 is 23.9 Å². The minimum absolute atomic E-state index is 0.00246. The van der Waals surface area contributed by atoms with Crippen LogP contribution in [0, 0.1) is 0 Å². The highest BCUT2D eigenvalue weighted by atomic mass is 19.4. The molecule has 1 aliphatic heterocycles. The van der Waals surface area contributed by atoms with Crippen LogP contribution in [0.4, 0.5) is 13.2 Å². The number of rotatable bonds is 3. The molecule has 0 saturated carbocycles. The Hall–Kier alpha value is -2.85. The molecule has 0 spiro atoms. The molecule has 0 aliphatic carbocycles. The summed E-state index contributed by atoms with van der Waals surface area (Å²) in [5.74, 6) is -2.92. The molecule has 8 nitrogen and oxygen atoms in total. The van der Waals surface area contributed by atoms with Gasteiger partial charge in [0, 0.05) is 25.6 Å². The molecule has 3 heterocycles. The fourth-order valence-electron chi connectivity index (χ4n) is 2.67. The number of aryl methyl sites for hydroxylation is 1. The van der Waals surface area contributed by atoms with Gasteiger partial charge in [-0.2, -0.15) is 13.2 Å². The molecule has 11 heteroatoms. The third-order valence-corrected chi connectivity index (χ3v) is 3.87. The number of fused-ring (bicyclic) bond motifs is 1. The monoisotopic (exact) mass is 358 g/mol. The Morgan fingerprint density at radius 1 is 1.32 bits per heavy atom. The standard InChI is InChI=1S/C14H13F3N4O4/c1-2-8-7(12(23)24)5-9(25-8)11(22)20-3-4-21-10(6-20)18-19-13(21)14(15,16)17/h5H,2-4,6H2,1H3,(H,23,24). The van der Waals surface area contributed by atoms with Crippen molar-refractivity contribution in [1.82, 2.24) is 19.7 Å². The summed E-state index contributed by atoms with van der Waals surface area (Å²) < 4.78 is 44.7. The second kappa shape index (κ2) is 5.90. The van der Waals surface area contributed by atoms with Crippen molar-refractivity contribution >= 4 is 11.9 Å². The van der Waals surface area contributed by atoms with Gasteiger partial charge in [-0.25, -0.2) is 4.79 Å². The number of carboxylic acids is 1. The molecule has 2 aromatic rings. The van der Waals surface area contributed by atoms with E-state index in [0.29, 0.717) is 0 Å². The lowest BCUT2D eigenvalue weighted by atomic mass is 10.2. The van der Waals surface area contributed by atoms with Gasteiger partial charge in [0.15, 0.2) is 11.6 Å². The zero-order chi connectivity index (χ0) is 18.4. The molecule has 0 saturated heterocycles. The number of furan rings is 1. The number of nitrogens with zero attached hydrogens (tertiary/aromatic N) is 4. The van der Waals surface area contributed by atoms with Crippen molar-refractivity contribution in [1.29, 1.82) is 0 Å². The lowest BCUT2D eigenvalue weighted by Gasteiger charge is -2.27. The van der Waals surface area contributed by atoms with E-state index in [1.54, 1.807) is 6.92 Å². The second-order valence-corrected chi connectivity index (χ2v) is 5.42. The molecule has 2 aromatic heterocycles. The maximum absolute atomic E-state index is 12.8. The van der Waals surface area contributed by atoms with Crippen LogP contribution in [0.5, 0.6) is 0 Å². The number of halogens is 3. The third kappa shape index (κ3) is 2.96. The van der Waals surface area contributed by atoms with Crippen molar-refractivity contribution in [3.05, 3.63) is 34.8 Å². The molecule has 3 rings (SSSR count).